The first-order valence-corrected chi connectivity index (χ1v) is 7.99. The third-order valence-electron chi connectivity index (χ3n) is 4.20. The summed E-state index contributed by atoms with van der Waals surface area (Å²) in [5, 5.41) is 3.14. The number of hydrogen-bond acceptors (Lipinski definition) is 2. The van der Waals surface area contributed by atoms with E-state index in [9.17, 15) is 4.79 Å². The molecule has 0 fully saturated rings. The molecule has 0 aliphatic heterocycles. The molecule has 0 spiro atoms. The van der Waals surface area contributed by atoms with Crippen LogP contribution in [0.4, 0.5) is 0 Å². The predicted octanol–water partition coefficient (Wildman–Crippen LogP) is 3.71. The third-order valence-corrected chi connectivity index (χ3v) is 4.20. The van der Waals surface area contributed by atoms with Gasteiger partial charge in [0.15, 0.2) is 0 Å². The first kappa shape index (κ1) is 16.0. The van der Waals surface area contributed by atoms with Gasteiger partial charge < -0.3 is 0 Å². The fourth-order valence-corrected chi connectivity index (χ4v) is 2.58. The lowest BCUT2D eigenvalue weighted by atomic mass is 10.1. The van der Waals surface area contributed by atoms with Gasteiger partial charge in [0, 0.05) is 11.9 Å². The average Bonchev–Trinajstić information content (AvgIpc) is 2.86. The Balaban J connectivity index is 1.89. The molecule has 0 aliphatic rings. The Morgan fingerprint density at radius 3 is 2.50 bits per heavy atom. The standard InChI is InChI=1S/C20H21N3O/c1-14-9-10-18(11-15(14)2)23-20(24)19(16(3)22-23)13-21-12-17-7-5-4-6-8-17/h4-11,13,22H,12H2,1-3H3. The summed E-state index contributed by atoms with van der Waals surface area (Å²) in [7, 11) is 0. The molecule has 4 heteroatoms. The fourth-order valence-electron chi connectivity index (χ4n) is 2.58. The molecule has 1 N–H and O–H groups in total. The van der Waals surface area contributed by atoms with E-state index in [0.717, 1.165) is 22.5 Å². The van der Waals surface area contributed by atoms with Crippen LogP contribution in [0.2, 0.25) is 0 Å². The molecule has 3 aromatic rings. The van der Waals surface area contributed by atoms with Gasteiger partial charge >= 0.3 is 0 Å². The van der Waals surface area contributed by atoms with Crippen LogP contribution in [-0.4, -0.2) is 16.0 Å². The van der Waals surface area contributed by atoms with Gasteiger partial charge in [0.1, 0.15) is 0 Å². The van der Waals surface area contributed by atoms with Crippen LogP contribution in [0, 0.1) is 20.8 Å². The minimum Gasteiger partial charge on any atom is -0.295 e. The van der Waals surface area contributed by atoms with Gasteiger partial charge in [0.05, 0.1) is 17.8 Å². The van der Waals surface area contributed by atoms with Crippen LogP contribution in [0.1, 0.15) is 27.9 Å². The highest BCUT2D eigenvalue weighted by molar-refractivity contribution is 5.80. The third kappa shape index (κ3) is 3.23. The minimum absolute atomic E-state index is 0.0763. The summed E-state index contributed by atoms with van der Waals surface area (Å²) in [6.07, 6.45) is 1.67. The maximum absolute atomic E-state index is 12.7. The van der Waals surface area contributed by atoms with Crippen LogP contribution >= 0.6 is 0 Å². The van der Waals surface area contributed by atoms with E-state index in [0.29, 0.717) is 12.1 Å². The normalized spacial score (nSPS) is 11.3. The van der Waals surface area contributed by atoms with Gasteiger partial charge in [-0.1, -0.05) is 36.4 Å². The molecule has 0 radical (unpaired) electrons. The van der Waals surface area contributed by atoms with Crippen molar-refractivity contribution in [3.63, 3.8) is 0 Å². The summed E-state index contributed by atoms with van der Waals surface area (Å²) in [6.45, 7) is 6.56. The van der Waals surface area contributed by atoms with Crippen LogP contribution in [-0.2, 0) is 6.54 Å². The quantitative estimate of drug-likeness (QED) is 0.732. The van der Waals surface area contributed by atoms with Gasteiger partial charge in [-0.2, -0.15) is 0 Å². The largest absolute Gasteiger partial charge is 0.295 e. The number of hydrogen-bond donors (Lipinski definition) is 1. The molecule has 0 amide bonds. The Bertz CT molecular complexity index is 933. The molecule has 4 nitrogen and oxygen atoms in total. The van der Waals surface area contributed by atoms with Crippen molar-refractivity contribution in [1.82, 2.24) is 9.78 Å². The van der Waals surface area contributed by atoms with Gasteiger partial charge in [-0.25, -0.2) is 4.68 Å². The van der Waals surface area contributed by atoms with E-state index >= 15 is 0 Å². The second-order valence-electron chi connectivity index (χ2n) is 6.01. The zero-order valence-corrected chi connectivity index (χ0v) is 14.2. The first-order chi connectivity index (χ1) is 11.6. The van der Waals surface area contributed by atoms with Gasteiger partial charge in [-0.3, -0.25) is 14.9 Å². The second kappa shape index (κ2) is 6.71. The summed E-state index contributed by atoms with van der Waals surface area (Å²) in [6, 6.07) is 16.0. The van der Waals surface area contributed by atoms with E-state index < -0.39 is 0 Å². The monoisotopic (exact) mass is 319 g/mol. The van der Waals surface area contributed by atoms with Gasteiger partial charge in [0.25, 0.3) is 5.56 Å². The number of aromatic nitrogens is 2. The lowest BCUT2D eigenvalue weighted by Crippen LogP contribution is -2.17. The predicted molar refractivity (Wildman–Crippen MR) is 98.3 cm³/mol. The molecule has 24 heavy (non-hydrogen) atoms. The zero-order chi connectivity index (χ0) is 17.1. The highest BCUT2D eigenvalue weighted by atomic mass is 16.1. The Hall–Kier alpha value is -2.88. The Kier molecular flexibility index (Phi) is 4.47. The minimum atomic E-state index is -0.0763. The lowest BCUT2D eigenvalue weighted by molar-refractivity contribution is 0.833. The Morgan fingerprint density at radius 1 is 1.04 bits per heavy atom. The van der Waals surface area contributed by atoms with E-state index in [1.807, 2.05) is 62.4 Å². The molecule has 0 saturated heterocycles. The molecule has 0 saturated carbocycles. The van der Waals surface area contributed by atoms with Crippen molar-refractivity contribution in [2.75, 3.05) is 0 Å². The van der Waals surface area contributed by atoms with Crippen molar-refractivity contribution in [2.24, 2.45) is 4.99 Å². The van der Waals surface area contributed by atoms with E-state index in [1.54, 1.807) is 10.9 Å². The average molecular weight is 319 g/mol. The van der Waals surface area contributed by atoms with E-state index in [1.165, 1.54) is 5.56 Å². The van der Waals surface area contributed by atoms with Crippen LogP contribution in [0.5, 0.6) is 0 Å². The zero-order valence-electron chi connectivity index (χ0n) is 14.2. The molecule has 2 aromatic carbocycles. The summed E-state index contributed by atoms with van der Waals surface area (Å²) < 4.78 is 1.58. The van der Waals surface area contributed by atoms with E-state index in [-0.39, 0.29) is 5.56 Å². The van der Waals surface area contributed by atoms with E-state index in [4.69, 9.17) is 0 Å². The summed E-state index contributed by atoms with van der Waals surface area (Å²) in [5.41, 5.74) is 5.67. The van der Waals surface area contributed by atoms with Crippen molar-refractivity contribution in [2.45, 2.75) is 27.3 Å². The summed E-state index contributed by atoms with van der Waals surface area (Å²) in [4.78, 5) is 17.1. The van der Waals surface area contributed by atoms with Crippen LogP contribution in [0.25, 0.3) is 5.69 Å². The molecule has 0 bridgehead atoms. The smallest absolute Gasteiger partial charge is 0.280 e. The number of H-pyrrole nitrogens is 1. The highest BCUT2D eigenvalue weighted by Crippen LogP contribution is 2.13. The number of rotatable bonds is 4. The molecule has 1 heterocycles. The maximum atomic E-state index is 12.7. The summed E-state index contributed by atoms with van der Waals surface area (Å²) >= 11 is 0. The molecule has 1 aromatic heterocycles. The summed E-state index contributed by atoms with van der Waals surface area (Å²) in [5.74, 6) is 0. The van der Waals surface area contributed by atoms with Crippen LogP contribution in [0.15, 0.2) is 58.3 Å². The van der Waals surface area contributed by atoms with Gasteiger partial charge in [-0.15, -0.1) is 0 Å². The molecular formula is C20H21N3O. The van der Waals surface area contributed by atoms with Crippen LogP contribution in [0.3, 0.4) is 0 Å². The van der Waals surface area contributed by atoms with Crippen molar-refractivity contribution in [1.29, 1.82) is 0 Å². The maximum Gasteiger partial charge on any atom is 0.280 e. The van der Waals surface area contributed by atoms with Crippen molar-refractivity contribution < 1.29 is 0 Å². The number of aromatic amines is 1. The molecule has 0 aliphatic carbocycles. The van der Waals surface area contributed by atoms with Crippen molar-refractivity contribution in [3.8, 4) is 5.69 Å². The molecule has 122 valence electrons. The van der Waals surface area contributed by atoms with Crippen LogP contribution < -0.4 is 5.56 Å². The molecular weight excluding hydrogens is 298 g/mol. The highest BCUT2D eigenvalue weighted by Gasteiger charge is 2.11. The number of nitrogens with one attached hydrogen (secondary N) is 1. The molecule has 3 rings (SSSR count). The Labute approximate surface area is 141 Å². The number of aryl methyl sites for hydroxylation is 3. The van der Waals surface area contributed by atoms with E-state index in [2.05, 4.69) is 17.0 Å². The molecule has 0 atom stereocenters. The van der Waals surface area contributed by atoms with Gasteiger partial charge in [-0.05, 0) is 49.6 Å². The van der Waals surface area contributed by atoms with Crippen molar-refractivity contribution >= 4 is 6.21 Å². The first-order valence-electron chi connectivity index (χ1n) is 7.99. The SMILES string of the molecule is Cc1ccc(-n2[nH]c(C)c(C=NCc3ccccc3)c2=O)cc1C. The van der Waals surface area contributed by atoms with Gasteiger partial charge in [0.2, 0.25) is 0 Å². The number of benzene rings is 2. The Morgan fingerprint density at radius 2 is 1.79 bits per heavy atom. The topological polar surface area (TPSA) is 50.1 Å². The number of aliphatic imine (C=N–C) groups is 1. The second-order valence-corrected chi connectivity index (χ2v) is 6.01. The number of nitrogens with zero attached hydrogens (tertiary/aromatic N) is 2. The lowest BCUT2D eigenvalue weighted by Gasteiger charge is -2.05. The fraction of sp³-hybridized carbons (Fsp3) is 0.200. The molecule has 0 unspecified atom stereocenters. The van der Waals surface area contributed by atoms with Crippen molar-refractivity contribution in [3.05, 3.63) is 86.8 Å².